The Bertz CT molecular complexity index is 481. The van der Waals surface area contributed by atoms with Gasteiger partial charge in [0.2, 0.25) is 0 Å². The molecular weight excluding hydrogens is 374 g/mol. The Morgan fingerprint density at radius 1 is 0.963 bits per heavy atom. The predicted octanol–water partition coefficient (Wildman–Crippen LogP) is 5.44. The minimum atomic E-state index is -2.01. The summed E-state index contributed by atoms with van der Waals surface area (Å²) in [6.45, 7) is 24.9. The Morgan fingerprint density at radius 2 is 1.41 bits per heavy atom. The molecule has 5 nitrogen and oxygen atoms in total. The summed E-state index contributed by atoms with van der Waals surface area (Å²) in [5.74, 6) is -0.347. The van der Waals surface area contributed by atoms with Gasteiger partial charge in [-0.15, -0.1) is 0 Å². The second kappa shape index (κ2) is 9.52. The zero-order valence-electron chi connectivity index (χ0n) is 20.1. The summed E-state index contributed by atoms with van der Waals surface area (Å²) >= 11 is 0. The molecule has 0 rings (SSSR count). The van der Waals surface area contributed by atoms with Crippen molar-refractivity contribution in [3.05, 3.63) is 0 Å². The first kappa shape index (κ1) is 26.8. The molecule has 2 atom stereocenters. The van der Waals surface area contributed by atoms with Crippen LogP contribution in [-0.2, 0) is 18.5 Å². The fourth-order valence-corrected chi connectivity index (χ4v) is 4.64. The number of hydrogen-bond donors (Lipinski definition) is 0. The monoisotopic (exact) mass is 419 g/mol. The minimum absolute atomic E-state index is 0.0615. The third kappa shape index (κ3) is 7.61. The van der Waals surface area contributed by atoms with E-state index < -0.39 is 16.6 Å². The summed E-state index contributed by atoms with van der Waals surface area (Å²) in [5.41, 5.74) is 0. The largest absolute Gasteiger partial charge is 0.417 e. The average Bonchev–Trinajstić information content (AvgIpc) is 2.49. The summed E-state index contributed by atoms with van der Waals surface area (Å²) in [5, 5.41) is 1.54. The molecule has 0 aliphatic carbocycles. The number of hydroxylamine groups is 2. The van der Waals surface area contributed by atoms with Gasteiger partial charge in [0, 0.05) is 13.7 Å². The maximum Gasteiger partial charge on any atom is 0.251 e. The Kier molecular flexibility index (Phi) is 9.45. The smallest absolute Gasteiger partial charge is 0.251 e. The Balaban J connectivity index is 5.34. The number of nitrogens with zero attached hydrogens (tertiary/aromatic N) is 1. The van der Waals surface area contributed by atoms with E-state index in [-0.39, 0.29) is 28.0 Å². The van der Waals surface area contributed by atoms with Crippen LogP contribution < -0.4 is 0 Å². The average molecular weight is 420 g/mol. The maximum absolute atomic E-state index is 12.7. The van der Waals surface area contributed by atoms with Crippen molar-refractivity contribution >= 4 is 22.5 Å². The molecule has 0 N–H and O–H groups in total. The van der Waals surface area contributed by atoms with Gasteiger partial charge >= 0.3 is 0 Å². The molecule has 0 unspecified atom stereocenters. The number of rotatable bonds is 9. The molecule has 0 fully saturated rings. The van der Waals surface area contributed by atoms with Gasteiger partial charge in [-0.1, -0.05) is 48.5 Å². The van der Waals surface area contributed by atoms with Crippen molar-refractivity contribution in [2.75, 3.05) is 20.8 Å². The molecule has 0 aliphatic rings. The molecule has 0 heterocycles. The van der Waals surface area contributed by atoms with Crippen LogP contribution in [0.2, 0.25) is 36.3 Å². The standard InChI is InChI=1S/C20H45NO4Si2/c1-16(18(22)21(8)23-9)17(25-27(12,13)20(5,6)7)14-15-24-26(10,11)19(2,3)4/h16-17H,14-15H2,1-13H3/t16-,17-/m0/s1. The van der Waals surface area contributed by atoms with Crippen molar-refractivity contribution in [1.29, 1.82) is 0 Å². The van der Waals surface area contributed by atoms with E-state index in [4.69, 9.17) is 13.7 Å². The van der Waals surface area contributed by atoms with Crippen LogP contribution in [-0.4, -0.2) is 54.5 Å². The van der Waals surface area contributed by atoms with Gasteiger partial charge in [-0.05, 0) is 42.7 Å². The fourth-order valence-electron chi connectivity index (χ4n) is 2.15. The molecule has 7 heteroatoms. The molecule has 162 valence electrons. The van der Waals surface area contributed by atoms with Gasteiger partial charge in [0.15, 0.2) is 16.6 Å². The minimum Gasteiger partial charge on any atom is -0.417 e. The zero-order chi connectivity index (χ0) is 21.8. The van der Waals surface area contributed by atoms with Crippen molar-refractivity contribution in [2.45, 2.75) is 97.3 Å². The summed E-state index contributed by atoms with van der Waals surface area (Å²) in [6, 6.07) is 0. The third-order valence-corrected chi connectivity index (χ3v) is 15.5. The van der Waals surface area contributed by atoms with Crippen LogP contribution >= 0.6 is 0 Å². The number of amides is 1. The Morgan fingerprint density at radius 3 is 1.78 bits per heavy atom. The number of hydrogen-bond acceptors (Lipinski definition) is 4. The highest BCUT2D eigenvalue weighted by atomic mass is 28.4. The highest BCUT2D eigenvalue weighted by molar-refractivity contribution is 6.74. The van der Waals surface area contributed by atoms with E-state index in [1.807, 2.05) is 6.92 Å². The lowest BCUT2D eigenvalue weighted by molar-refractivity contribution is -0.176. The normalized spacial score (nSPS) is 16.2. The molecule has 0 bridgehead atoms. The molecule has 0 aromatic carbocycles. The summed E-state index contributed by atoms with van der Waals surface area (Å²) in [7, 11) is -0.676. The van der Waals surface area contributed by atoms with Crippen molar-refractivity contribution in [3.8, 4) is 0 Å². The first-order valence-electron chi connectivity index (χ1n) is 10.0. The highest BCUT2D eigenvalue weighted by Crippen LogP contribution is 2.39. The van der Waals surface area contributed by atoms with Crippen molar-refractivity contribution in [3.63, 3.8) is 0 Å². The Hall–Kier alpha value is -0.216. The molecule has 0 aromatic rings. The molecule has 0 radical (unpaired) electrons. The third-order valence-electron chi connectivity index (χ3n) is 6.46. The Labute approximate surface area is 170 Å². The molecule has 27 heavy (non-hydrogen) atoms. The second-order valence-corrected chi connectivity index (χ2v) is 20.2. The van der Waals surface area contributed by atoms with Crippen LogP contribution in [0.15, 0.2) is 0 Å². The zero-order valence-corrected chi connectivity index (χ0v) is 22.1. The highest BCUT2D eigenvalue weighted by Gasteiger charge is 2.42. The topological polar surface area (TPSA) is 48.0 Å². The van der Waals surface area contributed by atoms with Crippen LogP contribution in [0.3, 0.4) is 0 Å². The first-order chi connectivity index (χ1) is 11.9. The fraction of sp³-hybridized carbons (Fsp3) is 0.950. The van der Waals surface area contributed by atoms with Gasteiger partial charge in [-0.2, -0.15) is 0 Å². The van der Waals surface area contributed by atoms with Crippen LogP contribution in [0.1, 0.15) is 54.9 Å². The lowest BCUT2D eigenvalue weighted by Gasteiger charge is -2.41. The molecule has 0 spiro atoms. The van der Waals surface area contributed by atoms with E-state index in [2.05, 4.69) is 67.7 Å². The van der Waals surface area contributed by atoms with Crippen molar-refractivity contribution in [1.82, 2.24) is 5.06 Å². The van der Waals surface area contributed by atoms with Gasteiger partial charge in [-0.25, -0.2) is 5.06 Å². The molecule has 0 aliphatic heterocycles. The van der Waals surface area contributed by atoms with Gasteiger partial charge < -0.3 is 8.85 Å². The molecule has 0 saturated carbocycles. The van der Waals surface area contributed by atoms with Gasteiger partial charge in [0.05, 0.1) is 19.1 Å². The lowest BCUT2D eigenvalue weighted by atomic mass is 10.0. The second-order valence-electron chi connectivity index (χ2n) is 10.6. The summed E-state index contributed by atoms with van der Waals surface area (Å²) < 4.78 is 13.0. The van der Waals surface area contributed by atoms with Crippen molar-refractivity contribution < 1.29 is 18.5 Å². The van der Waals surface area contributed by atoms with Gasteiger partial charge in [0.1, 0.15) is 0 Å². The summed E-state index contributed by atoms with van der Waals surface area (Å²) in [4.78, 5) is 17.8. The van der Waals surface area contributed by atoms with Gasteiger partial charge in [0.25, 0.3) is 5.91 Å². The maximum atomic E-state index is 12.7. The van der Waals surface area contributed by atoms with Crippen LogP contribution in [0.25, 0.3) is 0 Å². The molecule has 0 aromatic heterocycles. The van der Waals surface area contributed by atoms with E-state index in [9.17, 15) is 4.79 Å². The van der Waals surface area contributed by atoms with E-state index in [1.165, 1.54) is 12.2 Å². The molecule has 0 saturated heterocycles. The van der Waals surface area contributed by atoms with Crippen LogP contribution in [0.5, 0.6) is 0 Å². The van der Waals surface area contributed by atoms with E-state index in [1.54, 1.807) is 7.05 Å². The SMILES string of the molecule is CON(C)C(=O)[C@@H](C)[C@H](CCO[Si](C)(C)C(C)(C)C)O[Si](C)(C)C(C)(C)C. The van der Waals surface area contributed by atoms with Crippen LogP contribution in [0, 0.1) is 5.92 Å². The predicted molar refractivity (Wildman–Crippen MR) is 119 cm³/mol. The summed E-state index contributed by atoms with van der Waals surface area (Å²) in [6.07, 6.45) is 0.532. The lowest BCUT2D eigenvalue weighted by Crippen LogP contribution is -2.49. The molecular formula is C20H45NO4Si2. The quantitative estimate of drug-likeness (QED) is 0.368. The van der Waals surface area contributed by atoms with Crippen molar-refractivity contribution in [2.24, 2.45) is 5.92 Å². The van der Waals surface area contributed by atoms with E-state index in [0.717, 1.165) is 0 Å². The van der Waals surface area contributed by atoms with E-state index in [0.29, 0.717) is 13.0 Å². The number of carbonyl (C=O) groups excluding carboxylic acids is 1. The number of carbonyl (C=O) groups is 1. The van der Waals surface area contributed by atoms with Crippen LogP contribution in [0.4, 0.5) is 0 Å². The van der Waals surface area contributed by atoms with Gasteiger partial charge in [-0.3, -0.25) is 9.63 Å². The first-order valence-corrected chi connectivity index (χ1v) is 15.8. The van der Waals surface area contributed by atoms with E-state index >= 15 is 0 Å². The molecule has 1 amide bonds.